The maximum absolute atomic E-state index is 5.00. The first kappa shape index (κ1) is 19.1. The maximum Gasteiger partial charge on any atom is 0.193 e. The van der Waals surface area contributed by atoms with E-state index in [4.69, 9.17) is 4.99 Å². The molecule has 1 saturated heterocycles. The Morgan fingerprint density at radius 2 is 2.29 bits per heavy atom. The van der Waals surface area contributed by atoms with Crippen molar-refractivity contribution >= 4 is 17.7 Å². The van der Waals surface area contributed by atoms with Crippen LogP contribution in [-0.4, -0.2) is 53.0 Å². The smallest absolute Gasteiger partial charge is 0.193 e. The molecule has 1 N–H and O–H groups in total. The summed E-state index contributed by atoms with van der Waals surface area (Å²) in [6.07, 6.45) is 5.05. The van der Waals surface area contributed by atoms with Gasteiger partial charge in [0.15, 0.2) is 5.96 Å². The van der Waals surface area contributed by atoms with Gasteiger partial charge in [-0.3, -0.25) is 9.98 Å². The second kappa shape index (κ2) is 9.92. The molecule has 0 bridgehead atoms. The molecule has 2 heterocycles. The molecule has 0 radical (unpaired) electrons. The minimum atomic E-state index is 0.411. The number of nitrogens with one attached hydrogen (secondary N) is 1. The fourth-order valence-electron chi connectivity index (χ4n) is 3.07. The van der Waals surface area contributed by atoms with Gasteiger partial charge in [-0.25, -0.2) is 0 Å². The highest BCUT2D eigenvalue weighted by Crippen LogP contribution is 2.25. The first-order chi connectivity index (χ1) is 11.7. The van der Waals surface area contributed by atoms with Crippen LogP contribution in [0.4, 0.5) is 0 Å². The minimum Gasteiger partial charge on any atom is -0.357 e. The van der Waals surface area contributed by atoms with Crippen molar-refractivity contribution in [2.75, 3.05) is 31.9 Å². The molecule has 1 aromatic rings. The number of aromatic nitrogens is 1. The molecule has 0 spiro atoms. The summed E-state index contributed by atoms with van der Waals surface area (Å²) in [4.78, 5) is 11.7. The topological polar surface area (TPSA) is 40.5 Å². The Labute approximate surface area is 151 Å². The molecule has 4 nitrogen and oxygen atoms in total. The number of rotatable bonds is 6. The van der Waals surface area contributed by atoms with Crippen molar-refractivity contribution in [2.24, 2.45) is 10.9 Å². The monoisotopic (exact) mass is 348 g/mol. The summed E-state index contributed by atoms with van der Waals surface area (Å²) in [6.45, 7) is 12.9. The second-order valence-corrected chi connectivity index (χ2v) is 8.09. The van der Waals surface area contributed by atoms with Crippen LogP contribution in [0.15, 0.2) is 29.5 Å². The molecule has 2 atom stereocenters. The van der Waals surface area contributed by atoms with Crippen molar-refractivity contribution in [1.29, 1.82) is 0 Å². The molecule has 2 unspecified atom stereocenters. The largest absolute Gasteiger partial charge is 0.357 e. The maximum atomic E-state index is 5.00. The van der Waals surface area contributed by atoms with E-state index in [0.29, 0.717) is 11.8 Å². The summed E-state index contributed by atoms with van der Waals surface area (Å²) in [5, 5.41) is 4.22. The molecule has 1 fully saturated rings. The lowest BCUT2D eigenvalue weighted by molar-refractivity contribution is 0.405. The molecular formula is C19H32N4S. The van der Waals surface area contributed by atoms with Crippen LogP contribution in [0.2, 0.25) is 0 Å². The predicted molar refractivity (Wildman–Crippen MR) is 106 cm³/mol. The lowest BCUT2D eigenvalue weighted by atomic mass is 9.89. The van der Waals surface area contributed by atoms with Crippen LogP contribution in [0.25, 0.3) is 0 Å². The zero-order valence-corrected chi connectivity index (χ0v) is 16.4. The average molecular weight is 349 g/mol. The van der Waals surface area contributed by atoms with E-state index in [1.807, 2.05) is 18.5 Å². The van der Waals surface area contributed by atoms with E-state index in [2.05, 4.69) is 60.7 Å². The first-order valence-corrected chi connectivity index (χ1v) is 10.2. The SMILES string of the molecule is CCNC(=NCC(c1cccnc1)C(C)C)N1CCSC(CC)C1. The molecule has 0 aliphatic carbocycles. The number of thioether (sulfide) groups is 1. The lowest BCUT2D eigenvalue weighted by Crippen LogP contribution is -2.48. The molecule has 1 aromatic heterocycles. The molecule has 0 aromatic carbocycles. The van der Waals surface area contributed by atoms with E-state index in [-0.39, 0.29) is 0 Å². The fraction of sp³-hybridized carbons (Fsp3) is 0.684. The van der Waals surface area contributed by atoms with Crippen LogP contribution in [0.3, 0.4) is 0 Å². The van der Waals surface area contributed by atoms with Crippen LogP contribution in [-0.2, 0) is 0 Å². The van der Waals surface area contributed by atoms with Gasteiger partial charge in [0.05, 0.1) is 0 Å². The third-order valence-corrected chi connectivity index (χ3v) is 5.96. The van der Waals surface area contributed by atoms with Crippen molar-refractivity contribution in [3.8, 4) is 0 Å². The number of nitrogens with zero attached hydrogens (tertiary/aromatic N) is 3. The summed E-state index contributed by atoms with van der Waals surface area (Å²) in [7, 11) is 0. The first-order valence-electron chi connectivity index (χ1n) is 9.20. The lowest BCUT2D eigenvalue weighted by Gasteiger charge is -2.34. The van der Waals surface area contributed by atoms with Crippen LogP contribution in [0, 0.1) is 5.92 Å². The Morgan fingerprint density at radius 1 is 1.46 bits per heavy atom. The van der Waals surface area contributed by atoms with E-state index in [0.717, 1.165) is 37.4 Å². The molecule has 1 aliphatic rings. The van der Waals surface area contributed by atoms with Gasteiger partial charge in [0, 0.05) is 55.5 Å². The highest BCUT2D eigenvalue weighted by molar-refractivity contribution is 8.00. The molecule has 24 heavy (non-hydrogen) atoms. The molecule has 134 valence electrons. The Bertz CT molecular complexity index is 503. The van der Waals surface area contributed by atoms with Crippen molar-refractivity contribution < 1.29 is 0 Å². The van der Waals surface area contributed by atoms with Crippen LogP contribution in [0.5, 0.6) is 0 Å². The number of pyridine rings is 1. The Morgan fingerprint density at radius 3 is 2.92 bits per heavy atom. The average Bonchev–Trinajstić information content (AvgIpc) is 2.61. The summed E-state index contributed by atoms with van der Waals surface area (Å²) in [6, 6.07) is 4.19. The molecule has 0 amide bonds. The molecule has 1 aliphatic heterocycles. The van der Waals surface area contributed by atoms with Crippen LogP contribution < -0.4 is 5.32 Å². The van der Waals surface area contributed by atoms with E-state index >= 15 is 0 Å². The van der Waals surface area contributed by atoms with Gasteiger partial charge in [-0.2, -0.15) is 11.8 Å². The zero-order valence-electron chi connectivity index (χ0n) is 15.5. The number of hydrogen-bond acceptors (Lipinski definition) is 3. The van der Waals surface area contributed by atoms with Crippen molar-refractivity contribution in [1.82, 2.24) is 15.2 Å². The van der Waals surface area contributed by atoms with Gasteiger partial charge in [-0.05, 0) is 30.9 Å². The molecule has 5 heteroatoms. The summed E-state index contributed by atoms with van der Waals surface area (Å²) in [5.74, 6) is 3.22. The summed E-state index contributed by atoms with van der Waals surface area (Å²) >= 11 is 2.10. The van der Waals surface area contributed by atoms with E-state index in [1.54, 1.807) is 0 Å². The van der Waals surface area contributed by atoms with Crippen molar-refractivity contribution in [2.45, 2.75) is 45.3 Å². The van der Waals surface area contributed by atoms with Gasteiger partial charge in [-0.15, -0.1) is 0 Å². The fourth-order valence-corrected chi connectivity index (χ4v) is 4.25. The molecule has 2 rings (SSSR count). The van der Waals surface area contributed by atoms with Gasteiger partial charge in [0.2, 0.25) is 0 Å². The van der Waals surface area contributed by atoms with E-state index < -0.39 is 0 Å². The third kappa shape index (κ3) is 5.40. The summed E-state index contributed by atoms with van der Waals surface area (Å²) < 4.78 is 0. The zero-order chi connectivity index (χ0) is 17.4. The highest BCUT2D eigenvalue weighted by atomic mass is 32.2. The second-order valence-electron chi connectivity index (χ2n) is 6.68. The van der Waals surface area contributed by atoms with Gasteiger partial charge < -0.3 is 10.2 Å². The van der Waals surface area contributed by atoms with E-state index in [1.165, 1.54) is 17.7 Å². The molecular weight excluding hydrogens is 316 g/mol. The molecule has 0 saturated carbocycles. The summed E-state index contributed by atoms with van der Waals surface area (Å²) in [5.41, 5.74) is 1.28. The predicted octanol–water partition coefficient (Wildman–Crippen LogP) is 3.61. The van der Waals surface area contributed by atoms with Crippen LogP contribution >= 0.6 is 11.8 Å². The standard InChI is InChI=1S/C19H32N4S/c1-5-17-14-23(10-11-24-17)19(21-6-2)22-13-18(15(3)4)16-8-7-9-20-12-16/h7-9,12,15,17-18H,5-6,10-11,13-14H2,1-4H3,(H,21,22). The highest BCUT2D eigenvalue weighted by Gasteiger charge is 2.22. The van der Waals surface area contributed by atoms with Gasteiger partial charge in [0.1, 0.15) is 0 Å². The number of guanidine groups is 1. The Kier molecular flexibility index (Phi) is 7.89. The quantitative estimate of drug-likeness (QED) is 0.630. The van der Waals surface area contributed by atoms with Crippen molar-refractivity contribution in [3.05, 3.63) is 30.1 Å². The Balaban J connectivity index is 2.11. The van der Waals surface area contributed by atoms with Crippen molar-refractivity contribution in [3.63, 3.8) is 0 Å². The van der Waals surface area contributed by atoms with Crippen LogP contribution in [0.1, 0.15) is 45.6 Å². The van der Waals surface area contributed by atoms with Gasteiger partial charge >= 0.3 is 0 Å². The number of hydrogen-bond donors (Lipinski definition) is 1. The minimum absolute atomic E-state index is 0.411. The normalized spacial score (nSPS) is 20.3. The van der Waals surface area contributed by atoms with Gasteiger partial charge in [0.25, 0.3) is 0 Å². The third-order valence-electron chi connectivity index (χ3n) is 4.58. The van der Waals surface area contributed by atoms with E-state index in [9.17, 15) is 0 Å². The van der Waals surface area contributed by atoms with Gasteiger partial charge in [-0.1, -0.05) is 26.8 Å². The Hall–Kier alpha value is -1.23. The number of aliphatic imine (C=N–C) groups is 1.